The van der Waals surface area contributed by atoms with Gasteiger partial charge in [-0.3, -0.25) is 0 Å². The maximum Gasteiger partial charge on any atom is 0.137 e. The van der Waals surface area contributed by atoms with Crippen molar-refractivity contribution in [3.8, 4) is 11.8 Å². The molecule has 1 aromatic rings. The monoisotopic (exact) mass is 215 g/mol. The van der Waals surface area contributed by atoms with Gasteiger partial charge in [0.05, 0.1) is 11.7 Å². The summed E-state index contributed by atoms with van der Waals surface area (Å²) in [5.41, 5.74) is 1.76. The molecule has 1 aliphatic rings. The fourth-order valence-electron chi connectivity index (χ4n) is 2.20. The highest BCUT2D eigenvalue weighted by Gasteiger charge is 2.16. The third-order valence-corrected chi connectivity index (χ3v) is 3.10. The number of benzene rings is 1. The Morgan fingerprint density at radius 2 is 2.00 bits per heavy atom. The first-order chi connectivity index (χ1) is 7.79. The van der Waals surface area contributed by atoms with Gasteiger partial charge in [0.2, 0.25) is 0 Å². The molecule has 0 unspecified atom stereocenters. The molecule has 2 rings (SSSR count). The number of nitrogens with zero attached hydrogens (tertiary/aromatic N) is 1. The number of hydrogen-bond donors (Lipinski definition) is 0. The molecule has 0 heterocycles. The van der Waals surface area contributed by atoms with Crippen LogP contribution in [0.3, 0.4) is 0 Å². The topological polar surface area (TPSA) is 33.0 Å². The van der Waals surface area contributed by atoms with Crippen molar-refractivity contribution >= 4 is 0 Å². The van der Waals surface area contributed by atoms with Crippen LogP contribution in [0.15, 0.2) is 18.2 Å². The molecule has 0 saturated heterocycles. The first-order valence-corrected chi connectivity index (χ1v) is 5.97. The predicted octanol–water partition coefficient (Wildman–Crippen LogP) is 3.58. The summed E-state index contributed by atoms with van der Waals surface area (Å²) < 4.78 is 5.91. The molecule has 0 radical (unpaired) electrons. The van der Waals surface area contributed by atoms with Crippen molar-refractivity contribution < 1.29 is 4.74 Å². The molecule has 0 atom stereocenters. The quantitative estimate of drug-likeness (QED) is 0.755. The van der Waals surface area contributed by atoms with Gasteiger partial charge in [-0.15, -0.1) is 0 Å². The lowest BCUT2D eigenvalue weighted by Gasteiger charge is -2.23. The minimum absolute atomic E-state index is 0.309. The van der Waals surface area contributed by atoms with Gasteiger partial charge in [-0.25, -0.2) is 0 Å². The van der Waals surface area contributed by atoms with Gasteiger partial charge in [0.15, 0.2) is 0 Å². The molecule has 0 aliphatic heterocycles. The largest absolute Gasteiger partial charge is 0.489 e. The van der Waals surface area contributed by atoms with Crippen LogP contribution >= 0.6 is 0 Å². The predicted molar refractivity (Wildman–Crippen MR) is 63.4 cm³/mol. The van der Waals surface area contributed by atoms with Crippen LogP contribution in [0.5, 0.6) is 5.75 Å². The highest BCUT2D eigenvalue weighted by atomic mass is 16.5. The second-order valence-electron chi connectivity index (χ2n) is 4.49. The van der Waals surface area contributed by atoms with Gasteiger partial charge in [0, 0.05) is 0 Å². The number of rotatable bonds is 2. The zero-order chi connectivity index (χ0) is 11.4. The first kappa shape index (κ1) is 11.0. The molecule has 1 saturated carbocycles. The Morgan fingerprint density at radius 3 is 2.69 bits per heavy atom. The van der Waals surface area contributed by atoms with E-state index in [1.165, 1.54) is 19.3 Å². The van der Waals surface area contributed by atoms with Crippen LogP contribution in [0.25, 0.3) is 0 Å². The average molecular weight is 215 g/mol. The van der Waals surface area contributed by atoms with Gasteiger partial charge in [0.1, 0.15) is 11.8 Å². The normalized spacial score (nSPS) is 16.8. The van der Waals surface area contributed by atoms with Gasteiger partial charge in [-0.05, 0) is 50.3 Å². The molecule has 84 valence electrons. The number of hydrogen-bond acceptors (Lipinski definition) is 2. The third-order valence-electron chi connectivity index (χ3n) is 3.10. The van der Waals surface area contributed by atoms with Crippen molar-refractivity contribution in [3.05, 3.63) is 29.3 Å². The van der Waals surface area contributed by atoms with E-state index < -0.39 is 0 Å². The van der Waals surface area contributed by atoms with E-state index in [4.69, 9.17) is 10.00 Å². The van der Waals surface area contributed by atoms with Crippen molar-refractivity contribution in [2.24, 2.45) is 0 Å². The Kier molecular flexibility index (Phi) is 3.46. The Bertz CT molecular complexity index is 400. The minimum atomic E-state index is 0.309. The van der Waals surface area contributed by atoms with E-state index in [0.717, 1.165) is 24.2 Å². The van der Waals surface area contributed by atoms with E-state index in [1.807, 2.05) is 25.1 Å². The molecule has 1 aromatic carbocycles. The number of nitriles is 1. The first-order valence-electron chi connectivity index (χ1n) is 5.97. The second-order valence-corrected chi connectivity index (χ2v) is 4.49. The summed E-state index contributed by atoms with van der Waals surface area (Å²) in [4.78, 5) is 0. The van der Waals surface area contributed by atoms with Crippen LogP contribution in [0, 0.1) is 18.3 Å². The minimum Gasteiger partial charge on any atom is -0.489 e. The van der Waals surface area contributed by atoms with Crippen molar-refractivity contribution in [2.45, 2.75) is 45.1 Å². The van der Waals surface area contributed by atoms with Crippen molar-refractivity contribution in [2.75, 3.05) is 0 Å². The highest BCUT2D eigenvalue weighted by molar-refractivity contribution is 5.45. The molecule has 2 nitrogen and oxygen atoms in total. The highest BCUT2D eigenvalue weighted by Crippen LogP contribution is 2.26. The fraction of sp³-hybridized carbons (Fsp3) is 0.500. The molecule has 16 heavy (non-hydrogen) atoms. The average Bonchev–Trinajstić information content (AvgIpc) is 2.33. The molecule has 0 aromatic heterocycles. The maximum absolute atomic E-state index is 9.04. The lowest BCUT2D eigenvalue weighted by atomic mass is 9.97. The van der Waals surface area contributed by atoms with Crippen LogP contribution < -0.4 is 4.74 Å². The fourth-order valence-corrected chi connectivity index (χ4v) is 2.20. The molecule has 0 bridgehead atoms. The summed E-state index contributed by atoms with van der Waals surface area (Å²) in [6.07, 6.45) is 6.37. The SMILES string of the molecule is Cc1ccc(OC2CCCCC2)c(C#N)c1. The molecule has 0 N–H and O–H groups in total. The van der Waals surface area contributed by atoms with Crippen LogP contribution in [0.2, 0.25) is 0 Å². The summed E-state index contributed by atoms with van der Waals surface area (Å²) in [5, 5.41) is 9.04. The van der Waals surface area contributed by atoms with Gasteiger partial charge >= 0.3 is 0 Å². The van der Waals surface area contributed by atoms with Crippen molar-refractivity contribution in [3.63, 3.8) is 0 Å². The summed E-state index contributed by atoms with van der Waals surface area (Å²) >= 11 is 0. The zero-order valence-electron chi connectivity index (χ0n) is 9.70. The van der Waals surface area contributed by atoms with E-state index in [-0.39, 0.29) is 0 Å². The van der Waals surface area contributed by atoms with E-state index >= 15 is 0 Å². The smallest absolute Gasteiger partial charge is 0.137 e. The zero-order valence-corrected chi connectivity index (χ0v) is 9.70. The molecule has 0 spiro atoms. The van der Waals surface area contributed by atoms with Gasteiger partial charge < -0.3 is 4.74 Å². The Balaban J connectivity index is 2.11. The number of aryl methyl sites for hydroxylation is 1. The van der Waals surface area contributed by atoms with E-state index in [2.05, 4.69) is 6.07 Å². The Hall–Kier alpha value is -1.49. The Morgan fingerprint density at radius 1 is 1.25 bits per heavy atom. The second kappa shape index (κ2) is 5.03. The molecular formula is C14H17NO. The summed E-state index contributed by atoms with van der Waals surface area (Å²) in [7, 11) is 0. The van der Waals surface area contributed by atoms with Crippen LogP contribution in [0.4, 0.5) is 0 Å². The van der Waals surface area contributed by atoms with Crippen LogP contribution in [0.1, 0.15) is 43.2 Å². The molecule has 1 fully saturated rings. The third kappa shape index (κ3) is 2.55. The van der Waals surface area contributed by atoms with E-state index in [0.29, 0.717) is 11.7 Å². The molecule has 0 amide bonds. The van der Waals surface area contributed by atoms with E-state index in [1.54, 1.807) is 0 Å². The Labute approximate surface area is 96.9 Å². The lowest BCUT2D eigenvalue weighted by molar-refractivity contribution is 0.154. The van der Waals surface area contributed by atoms with Gasteiger partial charge in [-0.2, -0.15) is 5.26 Å². The van der Waals surface area contributed by atoms with E-state index in [9.17, 15) is 0 Å². The molecular weight excluding hydrogens is 198 g/mol. The van der Waals surface area contributed by atoms with Crippen molar-refractivity contribution in [1.29, 1.82) is 5.26 Å². The number of ether oxygens (including phenoxy) is 1. The summed E-state index contributed by atoms with van der Waals surface area (Å²) in [6, 6.07) is 8.01. The standard InChI is InChI=1S/C14H17NO/c1-11-7-8-14(12(9-11)10-15)16-13-5-3-2-4-6-13/h7-9,13H,2-6H2,1H3. The molecule has 1 aliphatic carbocycles. The van der Waals surface area contributed by atoms with Crippen LogP contribution in [-0.4, -0.2) is 6.10 Å². The molecule has 2 heteroatoms. The van der Waals surface area contributed by atoms with Crippen molar-refractivity contribution in [1.82, 2.24) is 0 Å². The summed E-state index contributed by atoms with van der Waals surface area (Å²) in [5.74, 6) is 0.750. The van der Waals surface area contributed by atoms with Gasteiger partial charge in [0.25, 0.3) is 0 Å². The maximum atomic E-state index is 9.04. The lowest BCUT2D eigenvalue weighted by Crippen LogP contribution is -2.20. The van der Waals surface area contributed by atoms with Crippen LogP contribution in [-0.2, 0) is 0 Å². The van der Waals surface area contributed by atoms with Gasteiger partial charge in [-0.1, -0.05) is 12.5 Å². The summed E-state index contributed by atoms with van der Waals surface area (Å²) in [6.45, 7) is 1.99.